The van der Waals surface area contributed by atoms with Gasteiger partial charge in [0.1, 0.15) is 0 Å². The third kappa shape index (κ3) is 55.8. The van der Waals surface area contributed by atoms with E-state index in [1.165, 1.54) is 257 Å². The highest BCUT2D eigenvalue weighted by molar-refractivity contribution is 5.76. The number of carbonyl (C=O) groups excluding carboxylic acids is 2. The summed E-state index contributed by atoms with van der Waals surface area (Å²) in [6.07, 6.45) is 70.7. The quantitative estimate of drug-likeness (QED) is 0.0321. The van der Waals surface area contributed by atoms with Crippen LogP contribution in [0.15, 0.2) is 12.2 Å². The highest BCUT2D eigenvalue weighted by Gasteiger charge is 2.20. The molecule has 0 saturated heterocycles. The lowest BCUT2D eigenvalue weighted by Crippen LogP contribution is -2.45. The maximum atomic E-state index is 12.5. The van der Waals surface area contributed by atoms with Crippen molar-refractivity contribution in [3.8, 4) is 0 Å². The topological polar surface area (TPSA) is 95.9 Å². The van der Waals surface area contributed by atoms with Gasteiger partial charge >= 0.3 is 5.97 Å². The predicted molar refractivity (Wildman–Crippen MR) is 301 cm³/mol. The number of hydrogen-bond acceptors (Lipinski definition) is 5. The molecule has 1 amide bonds. The van der Waals surface area contributed by atoms with E-state index in [0.717, 1.165) is 64.2 Å². The minimum Gasteiger partial charge on any atom is -0.466 e. The first-order chi connectivity index (χ1) is 34.0. The van der Waals surface area contributed by atoms with E-state index >= 15 is 0 Å². The van der Waals surface area contributed by atoms with Crippen molar-refractivity contribution in [3.05, 3.63) is 12.2 Å². The summed E-state index contributed by atoms with van der Waals surface area (Å²) in [5.74, 6) is -0.0465. The van der Waals surface area contributed by atoms with Gasteiger partial charge in [-0.2, -0.15) is 0 Å². The Morgan fingerprint density at radius 2 is 0.681 bits per heavy atom. The second-order valence-corrected chi connectivity index (χ2v) is 21.7. The zero-order valence-electron chi connectivity index (χ0n) is 46.8. The number of nitrogens with one attached hydrogen (secondary N) is 1. The number of ether oxygens (including phenoxy) is 1. The Labute approximate surface area is 431 Å². The van der Waals surface area contributed by atoms with Gasteiger partial charge in [0.2, 0.25) is 5.91 Å². The van der Waals surface area contributed by atoms with Crippen LogP contribution in [-0.4, -0.2) is 47.4 Å². The third-order valence-electron chi connectivity index (χ3n) is 14.8. The highest BCUT2D eigenvalue weighted by Crippen LogP contribution is 2.18. The van der Waals surface area contributed by atoms with Crippen LogP contribution in [0, 0.1) is 0 Å². The minimum absolute atomic E-state index is 0.00169. The second kappa shape index (κ2) is 59.2. The standard InChI is InChI=1S/C63H123NO5/c1-3-5-7-9-11-13-15-17-19-21-22-23-24-27-31-35-39-43-47-51-55-61(66)60(59-65)64-62(67)56-52-48-44-40-36-32-28-25-26-30-34-38-42-46-50-54-58-69-63(68)57-53-49-45-41-37-33-29-20-18-16-14-12-10-8-6-4-2/h25,28,60-61,65-66H,3-24,26-27,29-59H2,1-2H3,(H,64,67)/b28-25-. The molecule has 0 bridgehead atoms. The van der Waals surface area contributed by atoms with Crippen molar-refractivity contribution in [2.75, 3.05) is 13.2 Å². The van der Waals surface area contributed by atoms with Crippen LogP contribution in [0.5, 0.6) is 0 Å². The number of rotatable bonds is 59. The first kappa shape index (κ1) is 67.6. The lowest BCUT2D eigenvalue weighted by Gasteiger charge is -2.22. The largest absolute Gasteiger partial charge is 0.466 e. The van der Waals surface area contributed by atoms with Gasteiger partial charge in [-0.1, -0.05) is 302 Å². The Balaban J connectivity index is 3.44. The number of aliphatic hydroxyl groups is 2. The molecule has 410 valence electrons. The van der Waals surface area contributed by atoms with Gasteiger partial charge in [-0.15, -0.1) is 0 Å². The van der Waals surface area contributed by atoms with E-state index in [2.05, 4.69) is 31.3 Å². The smallest absolute Gasteiger partial charge is 0.305 e. The van der Waals surface area contributed by atoms with Crippen molar-refractivity contribution < 1.29 is 24.5 Å². The molecule has 2 atom stereocenters. The molecule has 0 aliphatic heterocycles. The summed E-state index contributed by atoms with van der Waals surface area (Å²) in [5.41, 5.74) is 0. The second-order valence-electron chi connectivity index (χ2n) is 21.7. The number of hydrogen-bond donors (Lipinski definition) is 3. The number of amides is 1. The van der Waals surface area contributed by atoms with Crippen LogP contribution in [0.25, 0.3) is 0 Å². The SMILES string of the molecule is CCCCCCCCCCCCCCCCCCCCCCC(O)C(CO)NC(=O)CCCCCCC/C=C\CCCCCCCCCOC(=O)CCCCCCCCCCCCCCCCCC. The molecular weight excluding hydrogens is 851 g/mol. The number of allylic oxidation sites excluding steroid dienone is 2. The van der Waals surface area contributed by atoms with Crippen LogP contribution in [-0.2, 0) is 14.3 Å². The Hall–Kier alpha value is -1.40. The highest BCUT2D eigenvalue weighted by atomic mass is 16.5. The Bertz CT molecular complexity index is 1030. The van der Waals surface area contributed by atoms with Gasteiger partial charge in [-0.05, 0) is 51.4 Å². The summed E-state index contributed by atoms with van der Waals surface area (Å²) < 4.78 is 5.48. The lowest BCUT2D eigenvalue weighted by atomic mass is 10.0. The monoisotopic (exact) mass is 974 g/mol. The zero-order chi connectivity index (χ0) is 50.0. The Kier molecular flexibility index (Phi) is 58.0. The molecule has 6 heteroatoms. The molecule has 0 aromatic heterocycles. The fourth-order valence-corrected chi connectivity index (χ4v) is 9.99. The van der Waals surface area contributed by atoms with Gasteiger partial charge in [0.25, 0.3) is 0 Å². The minimum atomic E-state index is -0.675. The van der Waals surface area contributed by atoms with Crippen LogP contribution >= 0.6 is 0 Å². The van der Waals surface area contributed by atoms with Crippen molar-refractivity contribution in [1.29, 1.82) is 0 Å². The molecule has 0 aromatic rings. The summed E-state index contributed by atoms with van der Waals surface area (Å²) in [7, 11) is 0. The molecule has 3 N–H and O–H groups in total. The van der Waals surface area contributed by atoms with Crippen LogP contribution in [0.1, 0.15) is 354 Å². The van der Waals surface area contributed by atoms with Crippen LogP contribution in [0.3, 0.4) is 0 Å². The summed E-state index contributed by atoms with van der Waals surface area (Å²) >= 11 is 0. The third-order valence-corrected chi connectivity index (χ3v) is 14.8. The fraction of sp³-hybridized carbons (Fsp3) is 0.937. The van der Waals surface area contributed by atoms with Gasteiger partial charge < -0.3 is 20.3 Å². The normalized spacial score (nSPS) is 12.6. The van der Waals surface area contributed by atoms with E-state index in [9.17, 15) is 19.8 Å². The summed E-state index contributed by atoms with van der Waals surface area (Å²) in [4.78, 5) is 24.6. The van der Waals surface area contributed by atoms with Crippen molar-refractivity contribution in [1.82, 2.24) is 5.32 Å². The van der Waals surface area contributed by atoms with Crippen LogP contribution in [0.2, 0.25) is 0 Å². The number of esters is 1. The molecule has 69 heavy (non-hydrogen) atoms. The molecular formula is C63H123NO5. The van der Waals surface area contributed by atoms with Gasteiger partial charge in [0, 0.05) is 12.8 Å². The van der Waals surface area contributed by atoms with Gasteiger partial charge in [0.05, 0.1) is 25.4 Å². The molecule has 0 aliphatic rings. The van der Waals surface area contributed by atoms with Gasteiger partial charge in [-0.25, -0.2) is 0 Å². The molecule has 0 aliphatic carbocycles. The van der Waals surface area contributed by atoms with Crippen molar-refractivity contribution >= 4 is 11.9 Å². The molecule has 0 rings (SSSR count). The average molecular weight is 975 g/mol. The number of carbonyl (C=O) groups is 2. The fourth-order valence-electron chi connectivity index (χ4n) is 9.99. The summed E-state index contributed by atoms with van der Waals surface area (Å²) in [6, 6.07) is -0.554. The lowest BCUT2D eigenvalue weighted by molar-refractivity contribution is -0.143. The van der Waals surface area contributed by atoms with Gasteiger partial charge in [0.15, 0.2) is 0 Å². The first-order valence-corrected chi connectivity index (χ1v) is 31.4. The summed E-state index contributed by atoms with van der Waals surface area (Å²) in [5, 5.41) is 23.3. The molecule has 0 spiro atoms. The zero-order valence-corrected chi connectivity index (χ0v) is 46.8. The number of aliphatic hydroxyl groups excluding tert-OH is 2. The molecule has 0 fully saturated rings. The van der Waals surface area contributed by atoms with Crippen molar-refractivity contribution in [2.45, 2.75) is 366 Å². The molecule has 0 heterocycles. The first-order valence-electron chi connectivity index (χ1n) is 31.4. The van der Waals surface area contributed by atoms with Crippen LogP contribution in [0.4, 0.5) is 0 Å². The van der Waals surface area contributed by atoms with E-state index in [-0.39, 0.29) is 18.5 Å². The molecule has 0 radical (unpaired) electrons. The Morgan fingerprint density at radius 3 is 1.03 bits per heavy atom. The van der Waals surface area contributed by atoms with Gasteiger partial charge in [-0.3, -0.25) is 9.59 Å². The van der Waals surface area contributed by atoms with E-state index in [1.807, 2.05) is 0 Å². The molecule has 2 unspecified atom stereocenters. The van der Waals surface area contributed by atoms with E-state index < -0.39 is 12.1 Å². The number of unbranched alkanes of at least 4 members (excludes halogenated alkanes) is 46. The Morgan fingerprint density at radius 1 is 0.391 bits per heavy atom. The molecule has 0 saturated carbocycles. The maximum Gasteiger partial charge on any atom is 0.305 e. The predicted octanol–water partition coefficient (Wildman–Crippen LogP) is 19.6. The summed E-state index contributed by atoms with van der Waals surface area (Å²) in [6.45, 7) is 4.96. The van der Waals surface area contributed by atoms with E-state index in [1.54, 1.807) is 0 Å². The van der Waals surface area contributed by atoms with Crippen molar-refractivity contribution in [2.24, 2.45) is 0 Å². The average Bonchev–Trinajstić information content (AvgIpc) is 3.35. The van der Waals surface area contributed by atoms with E-state index in [0.29, 0.717) is 25.9 Å². The molecule has 0 aromatic carbocycles. The van der Waals surface area contributed by atoms with Crippen LogP contribution < -0.4 is 5.32 Å². The molecule has 6 nitrogen and oxygen atoms in total. The van der Waals surface area contributed by atoms with Crippen molar-refractivity contribution in [3.63, 3.8) is 0 Å². The van der Waals surface area contributed by atoms with E-state index in [4.69, 9.17) is 4.74 Å². The maximum absolute atomic E-state index is 12.5.